The van der Waals surface area contributed by atoms with Crippen molar-refractivity contribution in [2.24, 2.45) is 17.8 Å². The van der Waals surface area contributed by atoms with Crippen LogP contribution in [0.25, 0.3) is 0 Å². The molecule has 11 heteroatoms. The van der Waals surface area contributed by atoms with Crippen molar-refractivity contribution in [2.75, 3.05) is 6.61 Å². The maximum atomic E-state index is 13.2. The van der Waals surface area contributed by atoms with Gasteiger partial charge in [-0.05, 0) is 62.0 Å². The lowest BCUT2D eigenvalue weighted by Crippen LogP contribution is -2.78. The Bertz CT molecular complexity index is 823. The molecule has 0 amide bonds. The quantitative estimate of drug-likeness (QED) is 0.376. The van der Waals surface area contributed by atoms with Crippen molar-refractivity contribution in [1.29, 1.82) is 0 Å². The summed E-state index contributed by atoms with van der Waals surface area (Å²) in [7, 11) is -2.69. The summed E-state index contributed by atoms with van der Waals surface area (Å²) in [4.78, 5) is 29.1. The number of hydrogen-bond acceptors (Lipinski definition) is 6. The van der Waals surface area contributed by atoms with Gasteiger partial charge in [0.05, 0.1) is 0 Å². The Morgan fingerprint density at radius 2 is 1.83 bits per heavy atom. The molecule has 6 nitrogen and oxygen atoms in total. The van der Waals surface area contributed by atoms with Crippen LogP contribution in [0.3, 0.4) is 0 Å². The van der Waals surface area contributed by atoms with Gasteiger partial charge >= 0.3 is 14.8 Å². The highest BCUT2D eigenvalue weighted by Crippen LogP contribution is 2.71. The predicted octanol–water partition coefficient (Wildman–Crippen LogP) is 4.53. The van der Waals surface area contributed by atoms with Crippen LogP contribution in [0.1, 0.15) is 37.7 Å². The fourth-order valence-electron chi connectivity index (χ4n) is 6.29. The maximum absolute atomic E-state index is 13.2. The van der Waals surface area contributed by atoms with Gasteiger partial charge in [-0.1, -0.05) is 12.1 Å². The van der Waals surface area contributed by atoms with Crippen LogP contribution in [0.2, 0.25) is 0 Å². The molecular formula is C19H21ClF3O6P. The molecule has 1 aromatic rings. The Hall–Kier alpha value is -0.670. The summed E-state index contributed by atoms with van der Waals surface area (Å²) in [6.45, 7) is -1.51. The Kier molecular flexibility index (Phi) is 4.88. The van der Waals surface area contributed by atoms with Gasteiger partial charge in [0, 0.05) is 10.4 Å². The highest BCUT2D eigenvalue weighted by Gasteiger charge is 2.78. The molecule has 1 spiro atoms. The van der Waals surface area contributed by atoms with Gasteiger partial charge in [0.2, 0.25) is 0 Å². The van der Waals surface area contributed by atoms with Gasteiger partial charge < -0.3 is 19.0 Å². The lowest BCUT2D eigenvalue weighted by molar-refractivity contribution is -0.650. The third kappa shape index (κ3) is 3.17. The number of halogens is 4. The van der Waals surface area contributed by atoms with Crippen molar-refractivity contribution in [3.63, 3.8) is 0 Å². The van der Waals surface area contributed by atoms with E-state index in [4.69, 9.17) is 40.4 Å². The van der Waals surface area contributed by atoms with Crippen LogP contribution in [0.5, 0.6) is 5.75 Å². The molecule has 0 radical (unpaired) electrons. The average molecular weight is 469 g/mol. The zero-order valence-corrected chi connectivity index (χ0v) is 17.4. The first-order valence-electron chi connectivity index (χ1n) is 9.78. The second-order valence-corrected chi connectivity index (χ2v) is 10.3. The van der Waals surface area contributed by atoms with E-state index in [1.54, 1.807) is 6.07 Å². The molecule has 4 bridgehead atoms. The second kappa shape index (κ2) is 6.91. The summed E-state index contributed by atoms with van der Waals surface area (Å²) in [5.41, 5.74) is -0.807. The van der Waals surface area contributed by atoms with Crippen LogP contribution < -0.4 is 4.52 Å². The second-order valence-electron chi connectivity index (χ2n) is 8.85. The topological polar surface area (TPSA) is 77.4 Å². The lowest BCUT2D eigenvalue weighted by atomic mass is 9.46. The van der Waals surface area contributed by atoms with Gasteiger partial charge in [0.25, 0.3) is 5.79 Å². The average Bonchev–Trinajstić information content (AvgIpc) is 2.58. The molecule has 2 N–H and O–H groups in total. The van der Waals surface area contributed by atoms with Crippen molar-refractivity contribution >= 4 is 20.2 Å². The van der Waals surface area contributed by atoms with Gasteiger partial charge in [0.15, 0.2) is 5.60 Å². The molecule has 166 valence electrons. The third-order valence-electron chi connectivity index (χ3n) is 6.98. The SMILES string of the molecule is OP(O)Oc1cccc(C2(OCC(F)(F)F)OOC23C2CC4CC3CC(Cl)(C4)C2)c1. The van der Waals surface area contributed by atoms with E-state index in [2.05, 4.69) is 0 Å². The number of ether oxygens (including phenoxy) is 1. The lowest BCUT2D eigenvalue weighted by Gasteiger charge is -2.70. The van der Waals surface area contributed by atoms with E-state index in [0.29, 0.717) is 18.8 Å². The van der Waals surface area contributed by atoms with Gasteiger partial charge in [-0.25, -0.2) is 4.89 Å². The monoisotopic (exact) mass is 468 g/mol. The summed E-state index contributed by atoms with van der Waals surface area (Å²) in [5, 5.41) is 0. The number of rotatable bonds is 5. The first kappa shape index (κ1) is 21.2. The van der Waals surface area contributed by atoms with Crippen LogP contribution in [-0.2, 0) is 20.3 Å². The van der Waals surface area contributed by atoms with E-state index >= 15 is 0 Å². The Labute approximate surface area is 177 Å². The van der Waals surface area contributed by atoms with Crippen molar-refractivity contribution in [3.8, 4) is 5.75 Å². The number of benzene rings is 1. The zero-order chi connectivity index (χ0) is 21.4. The minimum atomic E-state index is -4.56. The molecule has 6 rings (SSSR count). The summed E-state index contributed by atoms with van der Waals surface area (Å²) in [6.07, 6.45) is -0.825. The summed E-state index contributed by atoms with van der Waals surface area (Å²) in [5.74, 6) is -1.51. The van der Waals surface area contributed by atoms with E-state index in [9.17, 15) is 13.2 Å². The number of hydrogen-bond donors (Lipinski definition) is 2. The van der Waals surface area contributed by atoms with E-state index in [1.807, 2.05) is 0 Å². The molecule has 1 heterocycles. The standard InChI is InChI=1S/C19H21ClF3O6P/c20-16-7-11-4-13(8-16)18(14(5-11)9-16)19(29-28-18,26-10-17(21,22)23)12-2-1-3-15(6-12)27-30(24)25/h1-3,6,11,13-14,24-25H,4-5,7-10H2. The van der Waals surface area contributed by atoms with Crippen molar-refractivity contribution in [3.05, 3.63) is 29.8 Å². The van der Waals surface area contributed by atoms with Gasteiger partial charge in [-0.2, -0.15) is 18.1 Å². The first-order chi connectivity index (χ1) is 14.1. The molecule has 4 saturated carbocycles. The Morgan fingerprint density at radius 1 is 1.13 bits per heavy atom. The maximum Gasteiger partial charge on any atom is 0.411 e. The highest BCUT2D eigenvalue weighted by molar-refractivity contribution is 7.39. The molecule has 4 aliphatic carbocycles. The smallest absolute Gasteiger partial charge is 0.411 e. The van der Waals surface area contributed by atoms with E-state index in [-0.39, 0.29) is 28.0 Å². The fourth-order valence-corrected chi connectivity index (χ4v) is 7.18. The minimum absolute atomic E-state index is 0.0851. The van der Waals surface area contributed by atoms with E-state index in [1.165, 1.54) is 18.2 Å². The van der Waals surface area contributed by atoms with Gasteiger partial charge in [0.1, 0.15) is 12.4 Å². The van der Waals surface area contributed by atoms with E-state index < -0.39 is 32.8 Å². The molecule has 1 aromatic carbocycles. The molecular weight excluding hydrogens is 448 g/mol. The summed E-state index contributed by atoms with van der Waals surface area (Å²) < 4.78 is 49.9. The van der Waals surface area contributed by atoms with Crippen molar-refractivity contribution in [2.45, 2.75) is 54.5 Å². The molecule has 1 saturated heterocycles. The van der Waals surface area contributed by atoms with Crippen molar-refractivity contribution in [1.82, 2.24) is 0 Å². The van der Waals surface area contributed by atoms with Crippen molar-refractivity contribution < 1.29 is 42.0 Å². The molecule has 1 aliphatic heterocycles. The summed E-state index contributed by atoms with van der Waals surface area (Å²) >= 11 is 6.82. The van der Waals surface area contributed by atoms with Crippen LogP contribution in [0, 0.1) is 17.8 Å². The predicted molar refractivity (Wildman–Crippen MR) is 99.2 cm³/mol. The van der Waals surface area contributed by atoms with Gasteiger partial charge in [-0.3, -0.25) is 0 Å². The number of alkyl halides is 4. The fraction of sp³-hybridized carbons (Fsp3) is 0.684. The normalized spacial score (nSPS) is 42.0. The largest absolute Gasteiger partial charge is 0.427 e. The van der Waals surface area contributed by atoms with Crippen LogP contribution in [-0.4, -0.2) is 33.0 Å². The molecule has 5 aliphatic rings. The molecule has 3 atom stereocenters. The molecule has 5 fully saturated rings. The first-order valence-corrected chi connectivity index (χ1v) is 11.3. The van der Waals surface area contributed by atoms with E-state index in [0.717, 1.165) is 19.3 Å². The molecule has 0 aromatic heterocycles. The van der Waals surface area contributed by atoms with Crippen LogP contribution in [0.4, 0.5) is 13.2 Å². The minimum Gasteiger partial charge on any atom is -0.427 e. The molecule has 3 unspecified atom stereocenters. The highest BCUT2D eigenvalue weighted by atomic mass is 35.5. The Morgan fingerprint density at radius 3 is 2.37 bits per heavy atom. The van der Waals surface area contributed by atoms with Gasteiger partial charge in [-0.15, -0.1) is 11.6 Å². The van der Waals surface area contributed by atoms with Crippen LogP contribution >= 0.6 is 20.2 Å². The molecule has 30 heavy (non-hydrogen) atoms. The summed E-state index contributed by atoms with van der Waals surface area (Å²) in [6, 6.07) is 5.99. The third-order valence-corrected chi connectivity index (χ3v) is 7.82. The van der Waals surface area contributed by atoms with Crippen LogP contribution in [0.15, 0.2) is 24.3 Å². The Balaban J connectivity index is 1.57. The zero-order valence-electron chi connectivity index (χ0n) is 15.8.